The van der Waals surface area contributed by atoms with Crippen molar-refractivity contribution in [3.8, 4) is 11.5 Å². The van der Waals surface area contributed by atoms with E-state index in [9.17, 15) is 5.11 Å². The molecule has 0 bridgehead atoms. The first-order chi connectivity index (χ1) is 10.3. The van der Waals surface area contributed by atoms with Crippen molar-refractivity contribution in [3.63, 3.8) is 0 Å². The van der Waals surface area contributed by atoms with Crippen LogP contribution in [-0.2, 0) is 4.74 Å². The minimum absolute atomic E-state index is 0.0926. The van der Waals surface area contributed by atoms with E-state index in [-0.39, 0.29) is 6.04 Å². The molecule has 1 saturated heterocycles. The van der Waals surface area contributed by atoms with Crippen LogP contribution in [0.5, 0.6) is 11.5 Å². The third kappa shape index (κ3) is 2.07. The lowest BCUT2D eigenvalue weighted by Crippen LogP contribution is -2.48. The quantitative estimate of drug-likeness (QED) is 0.873. The highest BCUT2D eigenvalue weighted by atomic mass is 16.5. The largest absolute Gasteiger partial charge is 0.453 e. The Labute approximate surface area is 123 Å². The normalized spacial score (nSPS) is 24.0. The van der Waals surface area contributed by atoms with Crippen LogP contribution in [0.1, 0.15) is 6.42 Å². The van der Waals surface area contributed by atoms with E-state index in [4.69, 9.17) is 9.47 Å². The molecule has 0 saturated carbocycles. The van der Waals surface area contributed by atoms with Gasteiger partial charge in [0, 0.05) is 6.61 Å². The maximum atomic E-state index is 10.4. The van der Waals surface area contributed by atoms with E-state index in [1.54, 1.807) is 0 Å². The Kier molecular flexibility index (Phi) is 3.05. The Morgan fingerprint density at radius 3 is 2.19 bits per heavy atom. The molecule has 1 N–H and O–H groups in total. The Balaban J connectivity index is 1.85. The first-order valence-electron chi connectivity index (χ1n) is 7.25. The Morgan fingerprint density at radius 2 is 1.57 bits per heavy atom. The van der Waals surface area contributed by atoms with Crippen molar-refractivity contribution < 1.29 is 14.6 Å². The highest BCUT2D eigenvalue weighted by Crippen LogP contribution is 2.48. The Bertz CT molecular complexity index is 612. The summed E-state index contributed by atoms with van der Waals surface area (Å²) in [4.78, 5) is 2.15. The average Bonchev–Trinajstić information content (AvgIpc) is 2.53. The summed E-state index contributed by atoms with van der Waals surface area (Å²) in [6.45, 7) is 1.13. The highest BCUT2D eigenvalue weighted by Gasteiger charge is 2.35. The predicted molar refractivity (Wildman–Crippen MR) is 80.3 cm³/mol. The number of aliphatic hydroxyl groups is 1. The first kappa shape index (κ1) is 12.7. The maximum Gasteiger partial charge on any atom is 0.151 e. The molecule has 2 aliphatic heterocycles. The van der Waals surface area contributed by atoms with Gasteiger partial charge in [-0.2, -0.15) is 0 Å². The van der Waals surface area contributed by atoms with Gasteiger partial charge in [0.1, 0.15) is 0 Å². The summed E-state index contributed by atoms with van der Waals surface area (Å²) >= 11 is 0. The average molecular weight is 283 g/mol. The monoisotopic (exact) mass is 283 g/mol. The third-order valence-electron chi connectivity index (χ3n) is 4.09. The van der Waals surface area contributed by atoms with Crippen LogP contribution in [0, 0.1) is 0 Å². The van der Waals surface area contributed by atoms with Gasteiger partial charge in [-0.05, 0) is 30.7 Å². The van der Waals surface area contributed by atoms with Gasteiger partial charge < -0.3 is 19.5 Å². The predicted octanol–water partition coefficient (Wildman–Crippen LogP) is 3.08. The standard InChI is InChI=1S/C17H17NO3/c19-15-9-10-20-11-14(15)18-12-5-1-3-7-16(12)21-17-8-4-2-6-13(17)18/h1-8,14-15,19H,9-11H2/t14-,15-/m0/s1. The number of para-hydroxylation sites is 4. The fourth-order valence-corrected chi connectivity index (χ4v) is 3.05. The van der Waals surface area contributed by atoms with Gasteiger partial charge in [-0.25, -0.2) is 0 Å². The number of hydrogen-bond acceptors (Lipinski definition) is 4. The van der Waals surface area contributed by atoms with Crippen LogP contribution in [0.4, 0.5) is 11.4 Å². The number of ether oxygens (including phenoxy) is 2. The summed E-state index contributed by atoms with van der Waals surface area (Å²) in [5, 5.41) is 10.4. The molecule has 0 amide bonds. The van der Waals surface area contributed by atoms with E-state index in [1.165, 1.54) is 0 Å². The summed E-state index contributed by atoms with van der Waals surface area (Å²) in [5.74, 6) is 1.63. The smallest absolute Gasteiger partial charge is 0.151 e. The number of aliphatic hydroxyl groups excluding tert-OH is 1. The van der Waals surface area contributed by atoms with Gasteiger partial charge in [-0.3, -0.25) is 0 Å². The molecular formula is C17H17NO3. The molecule has 2 aromatic rings. The Hall–Kier alpha value is -2.04. The highest BCUT2D eigenvalue weighted by molar-refractivity contribution is 5.78. The van der Waals surface area contributed by atoms with Crippen molar-refractivity contribution in [1.29, 1.82) is 0 Å². The summed E-state index contributed by atoms with van der Waals surface area (Å²) in [7, 11) is 0. The number of fused-ring (bicyclic) bond motifs is 2. The Morgan fingerprint density at radius 1 is 0.952 bits per heavy atom. The van der Waals surface area contributed by atoms with Gasteiger partial charge in [0.25, 0.3) is 0 Å². The van der Waals surface area contributed by atoms with Crippen molar-refractivity contribution in [2.45, 2.75) is 18.6 Å². The lowest BCUT2D eigenvalue weighted by molar-refractivity contribution is -0.00331. The lowest BCUT2D eigenvalue weighted by Gasteiger charge is -2.42. The van der Waals surface area contributed by atoms with Gasteiger partial charge in [0.05, 0.1) is 30.1 Å². The second kappa shape index (κ2) is 5.06. The van der Waals surface area contributed by atoms with Crippen LogP contribution in [0.15, 0.2) is 48.5 Å². The van der Waals surface area contributed by atoms with Crippen LogP contribution in [0.25, 0.3) is 0 Å². The molecule has 108 valence electrons. The topological polar surface area (TPSA) is 41.9 Å². The van der Waals surface area contributed by atoms with Crippen LogP contribution >= 0.6 is 0 Å². The molecule has 0 aromatic heterocycles. The molecule has 2 aliphatic rings. The first-order valence-corrected chi connectivity index (χ1v) is 7.25. The lowest BCUT2D eigenvalue weighted by atomic mass is 10.0. The van der Waals surface area contributed by atoms with Gasteiger partial charge >= 0.3 is 0 Å². The fraction of sp³-hybridized carbons (Fsp3) is 0.294. The van der Waals surface area contributed by atoms with Crippen molar-refractivity contribution in [2.75, 3.05) is 18.1 Å². The number of hydrogen-bond donors (Lipinski definition) is 1. The van der Waals surface area contributed by atoms with Gasteiger partial charge in [-0.1, -0.05) is 24.3 Å². The van der Waals surface area contributed by atoms with Gasteiger partial charge in [0.2, 0.25) is 0 Å². The van der Waals surface area contributed by atoms with Crippen molar-refractivity contribution >= 4 is 11.4 Å². The zero-order chi connectivity index (χ0) is 14.2. The summed E-state index contributed by atoms with van der Waals surface area (Å²) < 4.78 is 11.6. The molecule has 2 heterocycles. The summed E-state index contributed by atoms with van der Waals surface area (Å²) in [6, 6.07) is 15.7. The van der Waals surface area contributed by atoms with E-state index >= 15 is 0 Å². The molecule has 4 nitrogen and oxygen atoms in total. The molecule has 2 atom stereocenters. The molecule has 0 unspecified atom stereocenters. The summed E-state index contributed by atoms with van der Waals surface area (Å²) in [6.07, 6.45) is 0.254. The van der Waals surface area contributed by atoms with Crippen LogP contribution in [0.3, 0.4) is 0 Å². The maximum absolute atomic E-state index is 10.4. The van der Waals surface area contributed by atoms with E-state index < -0.39 is 6.10 Å². The SMILES string of the molecule is O[C@H]1CCOC[C@@H]1N1c2ccccc2Oc2ccccc21. The molecule has 4 rings (SSSR count). The molecule has 1 fully saturated rings. The van der Waals surface area contributed by atoms with Crippen molar-refractivity contribution in [2.24, 2.45) is 0 Å². The van der Waals surface area contributed by atoms with E-state index in [2.05, 4.69) is 4.90 Å². The summed E-state index contributed by atoms with van der Waals surface area (Å²) in [5.41, 5.74) is 1.96. The third-order valence-corrected chi connectivity index (χ3v) is 4.09. The van der Waals surface area contributed by atoms with Gasteiger partial charge in [-0.15, -0.1) is 0 Å². The van der Waals surface area contributed by atoms with Crippen molar-refractivity contribution in [3.05, 3.63) is 48.5 Å². The van der Waals surface area contributed by atoms with E-state index in [1.807, 2.05) is 48.5 Å². The second-order valence-electron chi connectivity index (χ2n) is 5.41. The molecule has 2 aromatic carbocycles. The zero-order valence-electron chi connectivity index (χ0n) is 11.6. The number of rotatable bonds is 1. The second-order valence-corrected chi connectivity index (χ2v) is 5.41. The van der Waals surface area contributed by atoms with Gasteiger partial charge in [0.15, 0.2) is 11.5 Å². The number of anilines is 2. The molecule has 21 heavy (non-hydrogen) atoms. The molecule has 0 radical (unpaired) electrons. The number of nitrogens with zero attached hydrogens (tertiary/aromatic N) is 1. The van der Waals surface area contributed by atoms with E-state index in [0.717, 1.165) is 22.9 Å². The molecular weight excluding hydrogens is 266 g/mol. The minimum Gasteiger partial charge on any atom is -0.453 e. The molecule has 4 heteroatoms. The number of benzene rings is 2. The molecule has 0 aliphatic carbocycles. The van der Waals surface area contributed by atoms with Crippen LogP contribution in [-0.4, -0.2) is 30.5 Å². The zero-order valence-corrected chi connectivity index (χ0v) is 11.6. The molecule has 0 spiro atoms. The van der Waals surface area contributed by atoms with Crippen molar-refractivity contribution in [1.82, 2.24) is 0 Å². The van der Waals surface area contributed by atoms with Crippen LogP contribution < -0.4 is 9.64 Å². The van der Waals surface area contributed by atoms with Crippen LogP contribution in [0.2, 0.25) is 0 Å². The van der Waals surface area contributed by atoms with E-state index in [0.29, 0.717) is 19.6 Å². The minimum atomic E-state index is -0.405. The fourth-order valence-electron chi connectivity index (χ4n) is 3.05.